The van der Waals surface area contributed by atoms with Crippen molar-refractivity contribution >= 4 is 5.69 Å². The van der Waals surface area contributed by atoms with Gasteiger partial charge in [0.1, 0.15) is 0 Å². The molecular weight excluding hydrogens is 170 g/mol. The van der Waals surface area contributed by atoms with Crippen LogP contribution in [-0.2, 0) is 6.42 Å². The summed E-state index contributed by atoms with van der Waals surface area (Å²) >= 11 is 0. The number of hydrogen-bond acceptors (Lipinski definition) is 1. The monoisotopic (exact) mass is 187 g/mol. The molecule has 1 heterocycles. The lowest BCUT2D eigenvalue weighted by atomic mass is 10.1. The molecule has 1 saturated heterocycles. The lowest BCUT2D eigenvalue weighted by Crippen LogP contribution is -2.17. The van der Waals surface area contributed by atoms with Gasteiger partial charge in [-0.3, -0.25) is 0 Å². The maximum Gasteiger partial charge on any atom is 0.0369 e. The normalized spacial score (nSPS) is 15.9. The molecule has 0 amide bonds. The van der Waals surface area contributed by atoms with Gasteiger partial charge >= 0.3 is 0 Å². The van der Waals surface area contributed by atoms with Crippen molar-refractivity contribution in [1.29, 1.82) is 0 Å². The number of rotatable bonds is 3. The molecule has 14 heavy (non-hydrogen) atoms. The zero-order valence-corrected chi connectivity index (χ0v) is 8.58. The predicted molar refractivity (Wildman–Crippen MR) is 61.8 cm³/mol. The van der Waals surface area contributed by atoms with Crippen molar-refractivity contribution in [3.8, 4) is 0 Å². The summed E-state index contributed by atoms with van der Waals surface area (Å²) in [6, 6.07) is 8.80. The van der Waals surface area contributed by atoms with E-state index < -0.39 is 0 Å². The number of allylic oxidation sites excluding steroid dienone is 1. The molecular formula is C13H17N. The van der Waals surface area contributed by atoms with E-state index in [0.717, 1.165) is 6.42 Å². The van der Waals surface area contributed by atoms with Crippen molar-refractivity contribution in [1.82, 2.24) is 0 Å². The van der Waals surface area contributed by atoms with E-state index in [1.54, 1.807) is 0 Å². The van der Waals surface area contributed by atoms with Crippen LogP contribution in [-0.4, -0.2) is 13.1 Å². The molecule has 1 aromatic carbocycles. The molecule has 1 heteroatoms. The van der Waals surface area contributed by atoms with Crippen LogP contribution in [0.1, 0.15) is 18.4 Å². The summed E-state index contributed by atoms with van der Waals surface area (Å²) in [5.74, 6) is 0. The average Bonchev–Trinajstić information content (AvgIpc) is 2.71. The number of hydrogen-bond donors (Lipinski definition) is 0. The van der Waals surface area contributed by atoms with Gasteiger partial charge in [-0.2, -0.15) is 0 Å². The zero-order valence-electron chi connectivity index (χ0n) is 8.58. The summed E-state index contributed by atoms with van der Waals surface area (Å²) in [4.78, 5) is 2.46. The number of nitrogens with zero attached hydrogens (tertiary/aromatic N) is 1. The summed E-state index contributed by atoms with van der Waals surface area (Å²) in [5, 5.41) is 0. The molecule has 2 rings (SSSR count). The SMILES string of the molecule is C=CCc1cccc(N2CCCC2)c1. The van der Waals surface area contributed by atoms with Gasteiger partial charge in [-0.15, -0.1) is 6.58 Å². The van der Waals surface area contributed by atoms with Crippen LogP contribution < -0.4 is 4.90 Å². The molecule has 0 unspecified atom stereocenters. The Morgan fingerprint density at radius 3 is 2.79 bits per heavy atom. The Balaban J connectivity index is 2.16. The fourth-order valence-corrected chi connectivity index (χ4v) is 2.02. The quantitative estimate of drug-likeness (QED) is 0.657. The maximum atomic E-state index is 3.77. The van der Waals surface area contributed by atoms with Crippen molar-refractivity contribution in [3.05, 3.63) is 42.5 Å². The number of benzene rings is 1. The first-order valence-electron chi connectivity index (χ1n) is 5.35. The van der Waals surface area contributed by atoms with E-state index in [2.05, 4.69) is 35.7 Å². The highest BCUT2D eigenvalue weighted by Crippen LogP contribution is 2.21. The van der Waals surface area contributed by atoms with Crippen LogP contribution in [0.25, 0.3) is 0 Å². The lowest BCUT2D eigenvalue weighted by molar-refractivity contribution is 0.949. The smallest absolute Gasteiger partial charge is 0.0369 e. The van der Waals surface area contributed by atoms with Crippen LogP contribution >= 0.6 is 0 Å². The molecule has 0 aromatic heterocycles. The molecule has 0 N–H and O–H groups in total. The van der Waals surface area contributed by atoms with Gasteiger partial charge in [-0.05, 0) is 37.0 Å². The molecule has 0 atom stereocenters. The van der Waals surface area contributed by atoms with Crippen molar-refractivity contribution in [3.63, 3.8) is 0 Å². The first kappa shape index (κ1) is 9.32. The van der Waals surface area contributed by atoms with Gasteiger partial charge in [0.15, 0.2) is 0 Å². The van der Waals surface area contributed by atoms with Gasteiger partial charge in [0.25, 0.3) is 0 Å². The Hall–Kier alpha value is -1.24. The van der Waals surface area contributed by atoms with Gasteiger partial charge in [0.2, 0.25) is 0 Å². The first-order chi connectivity index (χ1) is 6.90. The first-order valence-corrected chi connectivity index (χ1v) is 5.35. The molecule has 0 bridgehead atoms. The summed E-state index contributed by atoms with van der Waals surface area (Å²) < 4.78 is 0. The lowest BCUT2D eigenvalue weighted by Gasteiger charge is -2.18. The van der Waals surface area contributed by atoms with E-state index in [1.807, 2.05) is 6.08 Å². The van der Waals surface area contributed by atoms with Crippen LogP contribution in [0.3, 0.4) is 0 Å². The fourth-order valence-electron chi connectivity index (χ4n) is 2.02. The van der Waals surface area contributed by atoms with E-state index in [-0.39, 0.29) is 0 Å². The molecule has 1 nitrogen and oxygen atoms in total. The highest BCUT2D eigenvalue weighted by Gasteiger charge is 2.11. The summed E-state index contributed by atoms with van der Waals surface area (Å²) in [7, 11) is 0. The Kier molecular flexibility index (Phi) is 2.87. The standard InChI is InChI=1S/C13H17N/c1-2-6-12-7-5-8-13(11-12)14-9-3-4-10-14/h2,5,7-8,11H,1,3-4,6,9-10H2. The second-order valence-corrected chi connectivity index (χ2v) is 3.86. The van der Waals surface area contributed by atoms with Gasteiger partial charge in [-0.25, -0.2) is 0 Å². The fraction of sp³-hybridized carbons (Fsp3) is 0.385. The second-order valence-electron chi connectivity index (χ2n) is 3.86. The van der Waals surface area contributed by atoms with Gasteiger partial charge < -0.3 is 4.90 Å². The summed E-state index contributed by atoms with van der Waals surface area (Å²) in [6.07, 6.45) is 5.61. The van der Waals surface area contributed by atoms with Crippen molar-refractivity contribution in [2.45, 2.75) is 19.3 Å². The van der Waals surface area contributed by atoms with Crippen molar-refractivity contribution in [2.24, 2.45) is 0 Å². The van der Waals surface area contributed by atoms with Crippen LogP contribution in [0.4, 0.5) is 5.69 Å². The average molecular weight is 187 g/mol. The highest BCUT2D eigenvalue weighted by molar-refractivity contribution is 5.49. The topological polar surface area (TPSA) is 3.24 Å². The van der Waals surface area contributed by atoms with Crippen LogP contribution in [0, 0.1) is 0 Å². The Morgan fingerprint density at radius 2 is 2.07 bits per heavy atom. The van der Waals surface area contributed by atoms with Gasteiger partial charge in [0, 0.05) is 18.8 Å². The van der Waals surface area contributed by atoms with E-state index >= 15 is 0 Å². The highest BCUT2D eigenvalue weighted by atomic mass is 15.1. The Morgan fingerprint density at radius 1 is 1.29 bits per heavy atom. The third-order valence-electron chi connectivity index (χ3n) is 2.76. The third-order valence-corrected chi connectivity index (χ3v) is 2.76. The predicted octanol–water partition coefficient (Wildman–Crippen LogP) is 3.02. The van der Waals surface area contributed by atoms with E-state index in [4.69, 9.17) is 0 Å². The van der Waals surface area contributed by atoms with Gasteiger partial charge in [0.05, 0.1) is 0 Å². The minimum Gasteiger partial charge on any atom is -0.372 e. The molecule has 0 radical (unpaired) electrons. The van der Waals surface area contributed by atoms with Crippen LogP contribution in [0.15, 0.2) is 36.9 Å². The maximum absolute atomic E-state index is 3.77. The van der Waals surface area contributed by atoms with Gasteiger partial charge in [-0.1, -0.05) is 18.2 Å². The molecule has 74 valence electrons. The summed E-state index contributed by atoms with van der Waals surface area (Å²) in [5.41, 5.74) is 2.74. The molecule has 1 aliphatic rings. The molecule has 1 aromatic rings. The Bertz CT molecular complexity index is 311. The minimum atomic E-state index is 0.974. The molecule has 0 spiro atoms. The van der Waals surface area contributed by atoms with Crippen LogP contribution in [0.2, 0.25) is 0 Å². The third kappa shape index (κ3) is 1.98. The van der Waals surface area contributed by atoms with E-state index in [9.17, 15) is 0 Å². The van der Waals surface area contributed by atoms with Crippen LogP contribution in [0.5, 0.6) is 0 Å². The van der Waals surface area contributed by atoms with E-state index in [1.165, 1.54) is 37.2 Å². The van der Waals surface area contributed by atoms with Crippen molar-refractivity contribution in [2.75, 3.05) is 18.0 Å². The largest absolute Gasteiger partial charge is 0.372 e. The molecule has 1 fully saturated rings. The molecule has 1 aliphatic heterocycles. The second kappa shape index (κ2) is 4.32. The molecule has 0 saturated carbocycles. The van der Waals surface area contributed by atoms with Crippen molar-refractivity contribution < 1.29 is 0 Å². The number of anilines is 1. The van der Waals surface area contributed by atoms with E-state index in [0.29, 0.717) is 0 Å². The molecule has 0 aliphatic carbocycles. The minimum absolute atomic E-state index is 0.974. The Labute approximate surface area is 86.1 Å². The zero-order chi connectivity index (χ0) is 9.80. The summed E-state index contributed by atoms with van der Waals surface area (Å²) in [6.45, 7) is 6.21.